The molecule has 0 fully saturated rings. The van der Waals surface area contributed by atoms with Crippen molar-refractivity contribution in [2.24, 2.45) is 0 Å². The summed E-state index contributed by atoms with van der Waals surface area (Å²) in [6, 6.07) is 11.9. The zero-order chi connectivity index (χ0) is 13.4. The van der Waals surface area contributed by atoms with Gasteiger partial charge in [0.05, 0.1) is 5.52 Å². The van der Waals surface area contributed by atoms with E-state index in [0.29, 0.717) is 11.0 Å². The summed E-state index contributed by atoms with van der Waals surface area (Å²) in [5, 5.41) is 1.22. The van der Waals surface area contributed by atoms with Crippen LogP contribution < -0.4 is 0 Å². The molecule has 3 aromatic rings. The predicted molar refractivity (Wildman–Crippen MR) is 74.7 cm³/mol. The van der Waals surface area contributed by atoms with Gasteiger partial charge in [-0.25, -0.2) is 14.4 Å². The maximum Gasteiger partial charge on any atom is 0.161 e. The van der Waals surface area contributed by atoms with E-state index in [1.807, 2.05) is 25.1 Å². The molecule has 0 aliphatic heterocycles. The highest BCUT2D eigenvalue weighted by Crippen LogP contribution is 2.25. The van der Waals surface area contributed by atoms with Gasteiger partial charge in [0.15, 0.2) is 5.82 Å². The Kier molecular flexibility index (Phi) is 2.91. The zero-order valence-electron chi connectivity index (χ0n) is 10.2. The first-order chi connectivity index (χ1) is 9.13. The molecule has 0 saturated heterocycles. The maximum absolute atomic E-state index is 12.9. The molecule has 2 nitrogen and oxygen atoms in total. The standard InChI is InChI=1S/C15H10ClFN2/c1-9-2-7-12-13(8-9)18-15(19-14(12)16)10-3-5-11(17)6-4-10/h2-8H,1H3. The van der Waals surface area contributed by atoms with Gasteiger partial charge in [0.25, 0.3) is 0 Å². The summed E-state index contributed by atoms with van der Waals surface area (Å²) in [7, 11) is 0. The van der Waals surface area contributed by atoms with Crippen LogP contribution in [0, 0.1) is 12.7 Å². The number of fused-ring (bicyclic) bond motifs is 1. The summed E-state index contributed by atoms with van der Waals surface area (Å²) in [5.74, 6) is 0.217. The van der Waals surface area contributed by atoms with E-state index in [9.17, 15) is 4.39 Å². The van der Waals surface area contributed by atoms with Crippen LogP contribution in [0.1, 0.15) is 5.56 Å². The van der Waals surface area contributed by atoms with Crippen LogP contribution >= 0.6 is 11.6 Å². The van der Waals surface area contributed by atoms with Gasteiger partial charge in [-0.2, -0.15) is 0 Å². The van der Waals surface area contributed by atoms with Crippen LogP contribution in [0.5, 0.6) is 0 Å². The van der Waals surface area contributed by atoms with Crippen LogP contribution in [0.15, 0.2) is 42.5 Å². The van der Waals surface area contributed by atoms with Crippen molar-refractivity contribution in [3.05, 3.63) is 59.0 Å². The lowest BCUT2D eigenvalue weighted by atomic mass is 10.1. The van der Waals surface area contributed by atoms with Crippen molar-refractivity contribution in [2.75, 3.05) is 0 Å². The Balaban J connectivity index is 2.22. The highest BCUT2D eigenvalue weighted by Gasteiger charge is 2.08. The molecule has 1 aromatic heterocycles. The molecule has 94 valence electrons. The van der Waals surface area contributed by atoms with Gasteiger partial charge in [0, 0.05) is 10.9 Å². The summed E-state index contributed by atoms with van der Waals surface area (Å²) in [6.07, 6.45) is 0. The van der Waals surface area contributed by atoms with Crippen LogP contribution in [-0.4, -0.2) is 9.97 Å². The lowest BCUT2D eigenvalue weighted by molar-refractivity contribution is 0.628. The number of rotatable bonds is 1. The number of aromatic nitrogens is 2. The van der Waals surface area contributed by atoms with Gasteiger partial charge in [-0.1, -0.05) is 17.7 Å². The molecule has 0 radical (unpaired) electrons. The lowest BCUT2D eigenvalue weighted by Gasteiger charge is -2.05. The van der Waals surface area contributed by atoms with Crippen LogP contribution in [0.2, 0.25) is 5.15 Å². The van der Waals surface area contributed by atoms with E-state index >= 15 is 0 Å². The Hall–Kier alpha value is -2.00. The maximum atomic E-state index is 12.9. The first kappa shape index (κ1) is 12.1. The van der Waals surface area contributed by atoms with E-state index in [1.54, 1.807) is 12.1 Å². The molecule has 0 atom stereocenters. The highest BCUT2D eigenvalue weighted by molar-refractivity contribution is 6.34. The minimum absolute atomic E-state index is 0.286. The van der Waals surface area contributed by atoms with Crippen molar-refractivity contribution in [3.8, 4) is 11.4 Å². The Bertz CT molecular complexity index is 754. The second kappa shape index (κ2) is 4.59. The van der Waals surface area contributed by atoms with Gasteiger partial charge >= 0.3 is 0 Å². The average Bonchev–Trinajstić information content (AvgIpc) is 2.38. The Morgan fingerprint density at radius 1 is 1.00 bits per heavy atom. The number of hydrogen-bond donors (Lipinski definition) is 0. The van der Waals surface area contributed by atoms with E-state index in [2.05, 4.69) is 9.97 Å². The zero-order valence-corrected chi connectivity index (χ0v) is 10.9. The van der Waals surface area contributed by atoms with Crippen LogP contribution in [0.25, 0.3) is 22.3 Å². The molecule has 0 aliphatic rings. The molecule has 3 rings (SSSR count). The monoisotopic (exact) mass is 272 g/mol. The minimum Gasteiger partial charge on any atom is -0.228 e. The SMILES string of the molecule is Cc1ccc2c(Cl)nc(-c3ccc(F)cc3)nc2c1. The van der Waals surface area contributed by atoms with E-state index in [4.69, 9.17) is 11.6 Å². The summed E-state index contributed by atoms with van der Waals surface area (Å²) >= 11 is 6.17. The second-order valence-corrected chi connectivity index (χ2v) is 4.72. The third-order valence-electron chi connectivity index (χ3n) is 2.91. The molecule has 0 aliphatic carbocycles. The molecule has 2 aromatic carbocycles. The molecule has 0 N–H and O–H groups in total. The van der Waals surface area contributed by atoms with Gasteiger partial charge in [0.1, 0.15) is 11.0 Å². The fourth-order valence-electron chi connectivity index (χ4n) is 1.93. The second-order valence-electron chi connectivity index (χ2n) is 4.37. The largest absolute Gasteiger partial charge is 0.228 e. The first-order valence-electron chi connectivity index (χ1n) is 5.83. The van der Waals surface area contributed by atoms with E-state index < -0.39 is 0 Å². The predicted octanol–water partition coefficient (Wildman–Crippen LogP) is 4.40. The number of benzene rings is 2. The van der Waals surface area contributed by atoms with E-state index in [1.165, 1.54) is 12.1 Å². The normalized spacial score (nSPS) is 10.9. The van der Waals surface area contributed by atoms with E-state index in [0.717, 1.165) is 22.0 Å². The minimum atomic E-state index is -0.286. The third-order valence-corrected chi connectivity index (χ3v) is 3.20. The van der Waals surface area contributed by atoms with Crippen molar-refractivity contribution >= 4 is 22.5 Å². The van der Waals surface area contributed by atoms with Gasteiger partial charge in [-0.15, -0.1) is 0 Å². The number of hydrogen-bond acceptors (Lipinski definition) is 2. The fourth-order valence-corrected chi connectivity index (χ4v) is 2.17. The Morgan fingerprint density at radius 3 is 2.47 bits per heavy atom. The lowest BCUT2D eigenvalue weighted by Crippen LogP contribution is -1.92. The van der Waals surface area contributed by atoms with Gasteiger partial charge in [-0.3, -0.25) is 0 Å². The van der Waals surface area contributed by atoms with Crippen molar-refractivity contribution in [1.29, 1.82) is 0 Å². The van der Waals surface area contributed by atoms with Crippen molar-refractivity contribution in [1.82, 2.24) is 9.97 Å². The summed E-state index contributed by atoms with van der Waals surface area (Å²) in [5.41, 5.74) is 2.64. The quantitative estimate of drug-likeness (QED) is 0.614. The molecule has 1 heterocycles. The number of halogens is 2. The fraction of sp³-hybridized carbons (Fsp3) is 0.0667. The molecular formula is C15H10ClFN2. The molecule has 0 unspecified atom stereocenters. The summed E-state index contributed by atoms with van der Waals surface area (Å²) < 4.78 is 12.9. The van der Waals surface area contributed by atoms with Crippen molar-refractivity contribution < 1.29 is 4.39 Å². The average molecular weight is 273 g/mol. The highest BCUT2D eigenvalue weighted by atomic mass is 35.5. The third kappa shape index (κ3) is 2.29. The van der Waals surface area contributed by atoms with Gasteiger partial charge in [0.2, 0.25) is 0 Å². The first-order valence-corrected chi connectivity index (χ1v) is 6.21. The molecule has 19 heavy (non-hydrogen) atoms. The smallest absolute Gasteiger partial charge is 0.161 e. The van der Waals surface area contributed by atoms with Crippen LogP contribution in [-0.2, 0) is 0 Å². The summed E-state index contributed by atoms with van der Waals surface area (Å²) in [4.78, 5) is 8.74. The Morgan fingerprint density at radius 2 is 1.74 bits per heavy atom. The van der Waals surface area contributed by atoms with Crippen LogP contribution in [0.3, 0.4) is 0 Å². The molecular weight excluding hydrogens is 263 g/mol. The molecule has 0 saturated carbocycles. The molecule has 4 heteroatoms. The Labute approximate surface area is 114 Å². The number of aryl methyl sites for hydroxylation is 1. The van der Waals surface area contributed by atoms with Crippen molar-refractivity contribution in [3.63, 3.8) is 0 Å². The molecule has 0 amide bonds. The molecule has 0 spiro atoms. The van der Waals surface area contributed by atoms with Crippen LogP contribution in [0.4, 0.5) is 4.39 Å². The van der Waals surface area contributed by atoms with Gasteiger partial charge < -0.3 is 0 Å². The topological polar surface area (TPSA) is 25.8 Å². The number of nitrogens with zero attached hydrogens (tertiary/aromatic N) is 2. The van der Waals surface area contributed by atoms with E-state index in [-0.39, 0.29) is 5.82 Å². The van der Waals surface area contributed by atoms with Gasteiger partial charge in [-0.05, 0) is 48.9 Å². The summed E-state index contributed by atoms with van der Waals surface area (Å²) in [6.45, 7) is 1.99. The van der Waals surface area contributed by atoms with Crippen molar-refractivity contribution in [2.45, 2.75) is 6.92 Å². The molecule has 0 bridgehead atoms.